The van der Waals surface area contributed by atoms with E-state index in [2.05, 4.69) is 4.98 Å². The van der Waals surface area contributed by atoms with Gasteiger partial charge in [0.15, 0.2) is 0 Å². The molecule has 0 saturated carbocycles. The molecule has 0 aliphatic carbocycles. The van der Waals surface area contributed by atoms with Crippen molar-refractivity contribution in [2.45, 2.75) is 11.8 Å². The first-order chi connectivity index (χ1) is 6.24. The first kappa shape index (κ1) is 10.8. The van der Waals surface area contributed by atoms with Crippen LogP contribution in [-0.4, -0.2) is 16.0 Å². The number of halogens is 1. The molecule has 0 N–H and O–H groups in total. The standard InChI is InChI=1S/C8H8ClNOS2/c1-2-11-8(12)13-7-5-10-4-3-6(7)9/h3-5H,2H2,1H3. The van der Waals surface area contributed by atoms with Crippen LogP contribution in [0.15, 0.2) is 23.4 Å². The topological polar surface area (TPSA) is 22.1 Å². The van der Waals surface area contributed by atoms with E-state index < -0.39 is 0 Å². The Labute approximate surface area is 91.6 Å². The molecule has 1 aromatic heterocycles. The van der Waals surface area contributed by atoms with Crippen molar-refractivity contribution in [3.05, 3.63) is 23.5 Å². The summed E-state index contributed by atoms with van der Waals surface area (Å²) in [7, 11) is 0. The number of pyridine rings is 1. The Balaban J connectivity index is 2.63. The molecule has 70 valence electrons. The minimum Gasteiger partial charge on any atom is -0.479 e. The minimum absolute atomic E-state index is 0.470. The molecule has 0 fully saturated rings. The Bertz CT molecular complexity index is 306. The van der Waals surface area contributed by atoms with Crippen molar-refractivity contribution in [1.82, 2.24) is 4.98 Å². The van der Waals surface area contributed by atoms with Crippen LogP contribution in [-0.2, 0) is 4.74 Å². The summed E-state index contributed by atoms with van der Waals surface area (Å²) in [6.45, 7) is 2.46. The van der Waals surface area contributed by atoms with E-state index >= 15 is 0 Å². The fourth-order valence-electron chi connectivity index (χ4n) is 0.675. The average molecular weight is 234 g/mol. The summed E-state index contributed by atoms with van der Waals surface area (Å²) >= 11 is 12.2. The summed E-state index contributed by atoms with van der Waals surface area (Å²) in [5.41, 5.74) is 0. The molecule has 0 radical (unpaired) electrons. The quantitative estimate of drug-likeness (QED) is 0.578. The number of thiocarbonyl (C=S) groups is 1. The first-order valence-electron chi connectivity index (χ1n) is 3.68. The van der Waals surface area contributed by atoms with Crippen LogP contribution in [0.2, 0.25) is 5.02 Å². The van der Waals surface area contributed by atoms with Gasteiger partial charge in [-0.1, -0.05) is 11.6 Å². The molecule has 0 spiro atoms. The molecular formula is C8H8ClNOS2. The molecule has 0 bridgehead atoms. The Kier molecular flexibility index (Phi) is 4.48. The van der Waals surface area contributed by atoms with Gasteiger partial charge in [0.2, 0.25) is 4.38 Å². The Morgan fingerprint density at radius 2 is 2.54 bits per heavy atom. The largest absolute Gasteiger partial charge is 0.479 e. The van der Waals surface area contributed by atoms with Crippen molar-refractivity contribution < 1.29 is 4.74 Å². The molecule has 5 heteroatoms. The average Bonchev–Trinajstić information content (AvgIpc) is 2.09. The molecule has 0 aliphatic rings. The number of hydrogen-bond acceptors (Lipinski definition) is 4. The highest BCUT2D eigenvalue weighted by molar-refractivity contribution is 8.22. The molecule has 0 saturated heterocycles. The van der Waals surface area contributed by atoms with Crippen molar-refractivity contribution in [2.75, 3.05) is 6.61 Å². The summed E-state index contributed by atoms with van der Waals surface area (Å²) in [4.78, 5) is 4.76. The second kappa shape index (κ2) is 5.42. The maximum atomic E-state index is 5.89. The third-order valence-electron chi connectivity index (χ3n) is 1.19. The van der Waals surface area contributed by atoms with Gasteiger partial charge in [-0.3, -0.25) is 4.98 Å². The summed E-state index contributed by atoms with van der Waals surface area (Å²) in [5, 5.41) is 0.641. The van der Waals surface area contributed by atoms with Gasteiger partial charge in [0.1, 0.15) is 0 Å². The molecular weight excluding hydrogens is 226 g/mol. The molecule has 0 aliphatic heterocycles. The zero-order valence-electron chi connectivity index (χ0n) is 6.99. The van der Waals surface area contributed by atoms with Crippen LogP contribution < -0.4 is 0 Å². The van der Waals surface area contributed by atoms with Crippen LogP contribution >= 0.6 is 35.6 Å². The normalized spacial score (nSPS) is 9.69. The molecule has 0 amide bonds. The minimum atomic E-state index is 0.470. The van der Waals surface area contributed by atoms with E-state index in [1.165, 1.54) is 11.8 Å². The van der Waals surface area contributed by atoms with Crippen molar-refractivity contribution >= 4 is 40.0 Å². The van der Waals surface area contributed by atoms with E-state index in [0.29, 0.717) is 16.0 Å². The van der Waals surface area contributed by atoms with E-state index in [9.17, 15) is 0 Å². The number of ether oxygens (including phenoxy) is 1. The van der Waals surface area contributed by atoms with E-state index in [4.69, 9.17) is 28.6 Å². The number of nitrogens with zero attached hydrogens (tertiary/aromatic N) is 1. The van der Waals surface area contributed by atoms with Gasteiger partial charge in [0.25, 0.3) is 0 Å². The van der Waals surface area contributed by atoms with Gasteiger partial charge in [-0.05, 0) is 37.0 Å². The monoisotopic (exact) mass is 233 g/mol. The third kappa shape index (κ3) is 3.50. The fraction of sp³-hybridized carbons (Fsp3) is 0.250. The smallest absolute Gasteiger partial charge is 0.224 e. The van der Waals surface area contributed by atoms with Crippen LogP contribution in [0.25, 0.3) is 0 Å². The van der Waals surface area contributed by atoms with Crippen LogP contribution in [0.3, 0.4) is 0 Å². The third-order valence-corrected chi connectivity index (χ3v) is 2.83. The SMILES string of the molecule is CCOC(=S)Sc1cnccc1Cl. The van der Waals surface area contributed by atoms with Crippen LogP contribution in [0.5, 0.6) is 0 Å². The molecule has 0 aromatic carbocycles. The predicted molar refractivity (Wildman–Crippen MR) is 59.3 cm³/mol. The lowest BCUT2D eigenvalue weighted by Gasteiger charge is -2.04. The van der Waals surface area contributed by atoms with Crippen molar-refractivity contribution in [3.63, 3.8) is 0 Å². The number of thioether (sulfide) groups is 1. The Hall–Kier alpha value is -0.320. The molecule has 1 rings (SSSR count). The lowest BCUT2D eigenvalue weighted by molar-refractivity contribution is 0.346. The zero-order valence-corrected chi connectivity index (χ0v) is 9.38. The van der Waals surface area contributed by atoms with E-state index in [0.717, 1.165) is 4.90 Å². The lowest BCUT2D eigenvalue weighted by atomic mass is 10.5. The number of rotatable bonds is 2. The maximum Gasteiger partial charge on any atom is 0.224 e. The van der Waals surface area contributed by atoms with Crippen molar-refractivity contribution in [1.29, 1.82) is 0 Å². The van der Waals surface area contributed by atoms with Gasteiger partial charge in [-0.2, -0.15) is 0 Å². The van der Waals surface area contributed by atoms with Crippen LogP contribution in [0.4, 0.5) is 0 Å². The highest BCUT2D eigenvalue weighted by Gasteiger charge is 2.04. The van der Waals surface area contributed by atoms with Gasteiger partial charge in [0.05, 0.1) is 16.5 Å². The molecule has 0 atom stereocenters. The predicted octanol–water partition coefficient (Wildman–Crippen LogP) is 3.15. The molecule has 13 heavy (non-hydrogen) atoms. The zero-order chi connectivity index (χ0) is 9.68. The summed E-state index contributed by atoms with van der Waals surface area (Å²) < 4.78 is 5.58. The van der Waals surface area contributed by atoms with Gasteiger partial charge >= 0.3 is 0 Å². The van der Waals surface area contributed by atoms with Gasteiger partial charge in [-0.25, -0.2) is 0 Å². The Morgan fingerprint density at radius 3 is 3.15 bits per heavy atom. The molecule has 2 nitrogen and oxygen atoms in total. The highest BCUT2D eigenvalue weighted by Crippen LogP contribution is 2.26. The second-order valence-corrected chi connectivity index (χ2v) is 4.14. The molecule has 1 heterocycles. The van der Waals surface area contributed by atoms with E-state index in [1.807, 2.05) is 6.92 Å². The maximum absolute atomic E-state index is 5.89. The first-order valence-corrected chi connectivity index (χ1v) is 5.28. The van der Waals surface area contributed by atoms with E-state index in [-0.39, 0.29) is 0 Å². The number of hydrogen-bond donors (Lipinski definition) is 0. The van der Waals surface area contributed by atoms with Crippen molar-refractivity contribution in [2.24, 2.45) is 0 Å². The number of aromatic nitrogens is 1. The summed E-state index contributed by atoms with van der Waals surface area (Å²) in [5.74, 6) is 0. The highest BCUT2D eigenvalue weighted by atomic mass is 35.5. The van der Waals surface area contributed by atoms with Crippen molar-refractivity contribution in [3.8, 4) is 0 Å². The van der Waals surface area contributed by atoms with Crippen LogP contribution in [0.1, 0.15) is 6.92 Å². The molecule has 0 unspecified atom stereocenters. The second-order valence-electron chi connectivity index (χ2n) is 2.09. The van der Waals surface area contributed by atoms with Gasteiger partial charge < -0.3 is 4.74 Å². The van der Waals surface area contributed by atoms with Gasteiger partial charge in [0, 0.05) is 12.4 Å². The summed E-state index contributed by atoms with van der Waals surface area (Å²) in [6.07, 6.45) is 3.30. The fourth-order valence-corrected chi connectivity index (χ4v) is 1.92. The van der Waals surface area contributed by atoms with Gasteiger partial charge in [-0.15, -0.1) is 0 Å². The van der Waals surface area contributed by atoms with E-state index in [1.54, 1.807) is 18.5 Å². The Morgan fingerprint density at radius 1 is 1.77 bits per heavy atom. The lowest BCUT2D eigenvalue weighted by Crippen LogP contribution is -1.95. The summed E-state index contributed by atoms with van der Waals surface area (Å²) in [6, 6.07) is 1.72. The molecule has 1 aromatic rings. The van der Waals surface area contributed by atoms with Crippen LogP contribution in [0, 0.1) is 0 Å².